The molecule has 4 aliphatic rings. The number of likely N-dealkylation sites (tertiary alicyclic amines) is 1. The number of hydrogen-bond acceptors (Lipinski definition) is 7. The number of cyclic esters (lactones) is 1. The molecule has 2 fully saturated rings. The number of benzene rings is 1. The Morgan fingerprint density at radius 1 is 1.11 bits per heavy atom. The van der Waals surface area contributed by atoms with Crippen molar-refractivity contribution < 1.29 is 24.2 Å². The molecule has 204 valence electrons. The maximum absolute atomic E-state index is 14.5. The van der Waals surface area contributed by atoms with Crippen LogP contribution in [0.15, 0.2) is 48.6 Å². The summed E-state index contributed by atoms with van der Waals surface area (Å²) in [5.41, 5.74) is 1.84. The van der Waals surface area contributed by atoms with Gasteiger partial charge >= 0.3 is 5.97 Å². The minimum Gasteiger partial charge on any atom is -0.461 e. The molecular weight excluding hydrogens is 502 g/mol. The Hall–Kier alpha value is -2.78. The Morgan fingerprint density at radius 3 is 2.45 bits per heavy atom. The molecule has 0 saturated carbocycles. The Bertz CT molecular complexity index is 1150. The lowest BCUT2D eigenvalue weighted by Gasteiger charge is -2.39. The number of amides is 2. The first kappa shape index (κ1) is 26.8. The van der Waals surface area contributed by atoms with Gasteiger partial charge < -0.3 is 24.5 Å². The molecule has 5 rings (SSSR count). The van der Waals surface area contributed by atoms with Crippen LogP contribution >= 0.6 is 11.8 Å². The predicted molar refractivity (Wildman–Crippen MR) is 149 cm³/mol. The summed E-state index contributed by atoms with van der Waals surface area (Å²) in [5.74, 6) is -2.35. The fourth-order valence-corrected chi connectivity index (χ4v) is 8.54. The summed E-state index contributed by atoms with van der Waals surface area (Å²) in [6, 6.07) is 6.55. The van der Waals surface area contributed by atoms with Gasteiger partial charge in [-0.1, -0.05) is 38.2 Å². The second kappa shape index (κ2) is 10.4. The van der Waals surface area contributed by atoms with Gasteiger partial charge in [0, 0.05) is 36.3 Å². The van der Waals surface area contributed by atoms with Crippen LogP contribution in [0, 0.1) is 17.8 Å². The van der Waals surface area contributed by atoms with E-state index in [1.54, 1.807) is 9.80 Å². The van der Waals surface area contributed by atoms with Crippen LogP contribution in [0.5, 0.6) is 0 Å². The highest BCUT2D eigenvalue weighted by molar-refractivity contribution is 8.02. The highest BCUT2D eigenvalue weighted by atomic mass is 32.2. The number of carbonyl (C=O) groups is 3. The van der Waals surface area contributed by atoms with E-state index in [0.29, 0.717) is 6.54 Å². The molecule has 9 heteroatoms. The molecule has 0 aromatic heterocycles. The van der Waals surface area contributed by atoms with Crippen LogP contribution in [0.4, 0.5) is 11.4 Å². The van der Waals surface area contributed by atoms with Crippen LogP contribution in [-0.4, -0.2) is 82.7 Å². The average molecular weight is 540 g/mol. The number of thioether (sulfide) groups is 1. The average Bonchev–Trinajstić information content (AvgIpc) is 3.20. The van der Waals surface area contributed by atoms with Crippen molar-refractivity contribution in [1.29, 1.82) is 0 Å². The van der Waals surface area contributed by atoms with Crippen LogP contribution in [0.1, 0.15) is 27.7 Å². The number of esters is 1. The van der Waals surface area contributed by atoms with Crippen molar-refractivity contribution in [3.8, 4) is 0 Å². The van der Waals surface area contributed by atoms with Crippen LogP contribution in [0.2, 0.25) is 0 Å². The summed E-state index contributed by atoms with van der Waals surface area (Å²) >= 11 is 1.51. The normalized spacial score (nSPS) is 31.1. The largest absolute Gasteiger partial charge is 0.461 e. The van der Waals surface area contributed by atoms with Gasteiger partial charge in [0.2, 0.25) is 5.91 Å². The van der Waals surface area contributed by atoms with E-state index in [1.165, 1.54) is 11.8 Å². The summed E-state index contributed by atoms with van der Waals surface area (Å²) < 4.78 is 4.51. The maximum Gasteiger partial charge on any atom is 0.311 e. The van der Waals surface area contributed by atoms with Crippen molar-refractivity contribution in [3.05, 3.63) is 48.6 Å². The molecule has 1 aromatic rings. The van der Waals surface area contributed by atoms with Gasteiger partial charge in [0.25, 0.3) is 5.91 Å². The number of hydrogen-bond donors (Lipinski definition) is 1. The molecule has 2 amide bonds. The van der Waals surface area contributed by atoms with E-state index >= 15 is 0 Å². The van der Waals surface area contributed by atoms with E-state index < -0.39 is 34.6 Å². The summed E-state index contributed by atoms with van der Waals surface area (Å²) in [5, 5.41) is 10.1. The first-order valence-electron chi connectivity index (χ1n) is 13.6. The first-order valence-corrected chi connectivity index (χ1v) is 14.4. The number of carbonyl (C=O) groups excluding carboxylic acids is 3. The van der Waals surface area contributed by atoms with E-state index in [-0.39, 0.29) is 36.2 Å². The smallest absolute Gasteiger partial charge is 0.311 e. The van der Waals surface area contributed by atoms with Gasteiger partial charge in [0.05, 0.1) is 29.2 Å². The first-order chi connectivity index (χ1) is 18.3. The number of anilines is 2. The second-order valence-corrected chi connectivity index (χ2v) is 12.2. The fraction of sp³-hybridized carbons (Fsp3) is 0.552. The molecule has 8 nitrogen and oxygen atoms in total. The Morgan fingerprint density at radius 2 is 1.82 bits per heavy atom. The van der Waals surface area contributed by atoms with Crippen molar-refractivity contribution in [2.24, 2.45) is 17.8 Å². The monoisotopic (exact) mass is 539 g/mol. The molecular formula is C29H37N3O5S. The lowest BCUT2D eigenvalue weighted by Crippen LogP contribution is -2.57. The lowest BCUT2D eigenvalue weighted by molar-refractivity contribution is -0.152. The van der Waals surface area contributed by atoms with E-state index in [0.717, 1.165) is 24.5 Å². The number of rotatable bonds is 7. The van der Waals surface area contributed by atoms with E-state index in [9.17, 15) is 19.5 Å². The third-order valence-electron chi connectivity index (χ3n) is 8.46. The predicted octanol–water partition coefficient (Wildman–Crippen LogP) is 2.86. The highest BCUT2D eigenvalue weighted by Gasteiger charge is 2.72. The molecule has 4 aliphatic heterocycles. The van der Waals surface area contributed by atoms with E-state index in [2.05, 4.69) is 18.7 Å². The highest BCUT2D eigenvalue weighted by Crippen LogP contribution is 2.61. The summed E-state index contributed by atoms with van der Waals surface area (Å²) in [4.78, 5) is 47.4. The van der Waals surface area contributed by atoms with Crippen LogP contribution in [0.25, 0.3) is 0 Å². The van der Waals surface area contributed by atoms with Crippen molar-refractivity contribution in [3.63, 3.8) is 0 Å². The minimum atomic E-state index is -0.928. The number of aliphatic hydroxyl groups is 1. The molecule has 6 atom stereocenters. The number of fused-ring (bicyclic) bond motifs is 2. The van der Waals surface area contributed by atoms with Crippen molar-refractivity contribution in [1.82, 2.24) is 4.90 Å². The summed E-state index contributed by atoms with van der Waals surface area (Å²) in [6.07, 6.45) is 7.70. The molecule has 1 unspecified atom stereocenters. The number of ether oxygens (including phenoxy) is 1. The van der Waals surface area contributed by atoms with Crippen LogP contribution in [0.3, 0.4) is 0 Å². The SMILES string of the molecule is CCN(CC)c1ccc(N2CC=C[C@]34S[C@H]5C=CCOC(=O)[C@H]5[C@H]3C(=O)N([C@@H](CO)C(C)C)C4C2=O)cc1. The topological polar surface area (TPSA) is 90.4 Å². The molecule has 2 saturated heterocycles. The van der Waals surface area contributed by atoms with Crippen LogP contribution < -0.4 is 9.80 Å². The number of nitrogens with zero attached hydrogens (tertiary/aromatic N) is 3. The summed E-state index contributed by atoms with van der Waals surface area (Å²) in [6.45, 7) is 10.2. The van der Waals surface area contributed by atoms with E-state index in [4.69, 9.17) is 4.74 Å². The molecule has 1 aromatic carbocycles. The van der Waals surface area contributed by atoms with Crippen molar-refractivity contribution in [2.45, 2.75) is 49.8 Å². The molecule has 1 N–H and O–H groups in total. The Labute approximate surface area is 228 Å². The molecule has 0 radical (unpaired) electrons. The molecule has 0 bridgehead atoms. The fourth-order valence-electron chi connectivity index (χ4n) is 6.55. The third-order valence-corrected chi connectivity index (χ3v) is 10.2. The van der Waals surface area contributed by atoms with Gasteiger partial charge in [-0.05, 0) is 44.0 Å². The van der Waals surface area contributed by atoms with Crippen LogP contribution in [-0.2, 0) is 19.1 Å². The van der Waals surface area contributed by atoms with Gasteiger partial charge in [-0.2, -0.15) is 0 Å². The molecule has 1 spiro atoms. The van der Waals surface area contributed by atoms with Gasteiger partial charge in [0.15, 0.2) is 0 Å². The zero-order chi connectivity index (χ0) is 27.2. The molecule has 4 heterocycles. The zero-order valence-electron chi connectivity index (χ0n) is 22.4. The van der Waals surface area contributed by atoms with Gasteiger partial charge in [-0.3, -0.25) is 14.4 Å². The third kappa shape index (κ3) is 4.06. The van der Waals surface area contributed by atoms with Gasteiger partial charge in [0.1, 0.15) is 12.6 Å². The number of aliphatic hydroxyl groups excluding tert-OH is 1. The van der Waals surface area contributed by atoms with Crippen molar-refractivity contribution in [2.75, 3.05) is 42.6 Å². The Balaban J connectivity index is 1.59. The van der Waals surface area contributed by atoms with E-state index in [1.807, 2.05) is 62.4 Å². The van der Waals surface area contributed by atoms with Gasteiger partial charge in [-0.25, -0.2) is 0 Å². The quantitative estimate of drug-likeness (QED) is 0.421. The standard InChI is InChI=1S/C29H37N3O5S/c1-5-30(6-2)19-10-12-20(13-11-19)31-15-8-14-29-24(23-22(38-29)9-7-16-37-28(23)36)26(34)32(25(29)27(31)35)21(17-33)18(3)4/h7-14,18,21-25,33H,5-6,15-17H2,1-4H3/t21-,22-,23+,24-,25?,29-/m0/s1. The van der Waals surface area contributed by atoms with Gasteiger partial charge in [-0.15, -0.1) is 11.8 Å². The molecule has 38 heavy (non-hydrogen) atoms. The molecule has 0 aliphatic carbocycles. The van der Waals surface area contributed by atoms with Crippen molar-refractivity contribution >= 4 is 40.9 Å². The lowest BCUT2D eigenvalue weighted by atomic mass is 9.78. The summed E-state index contributed by atoms with van der Waals surface area (Å²) in [7, 11) is 0. The Kier molecular flexibility index (Phi) is 7.35. The second-order valence-electron chi connectivity index (χ2n) is 10.7. The zero-order valence-corrected chi connectivity index (χ0v) is 23.3. The minimum absolute atomic E-state index is 0.0801. The maximum atomic E-state index is 14.5.